The van der Waals surface area contributed by atoms with Gasteiger partial charge in [0.05, 0.1) is 0 Å². The molecule has 0 spiro atoms. The summed E-state index contributed by atoms with van der Waals surface area (Å²) in [5, 5.41) is 3.32. The van der Waals surface area contributed by atoms with Gasteiger partial charge in [-0.2, -0.15) is 0 Å². The van der Waals surface area contributed by atoms with E-state index in [1.54, 1.807) is 12.1 Å². The molecule has 1 aliphatic rings. The number of nitrogens with one attached hydrogen (secondary N) is 1. The summed E-state index contributed by atoms with van der Waals surface area (Å²) in [6.07, 6.45) is 2.40. The van der Waals surface area contributed by atoms with E-state index in [2.05, 4.69) is 17.1 Å². The number of benzene rings is 1. The average Bonchev–Trinajstić information content (AvgIpc) is 2.38. The number of rotatable bonds is 3. The second kappa shape index (κ2) is 7.07. The number of halogens is 2. The smallest absolute Gasteiger partial charge is 0.127 e. The van der Waals surface area contributed by atoms with Gasteiger partial charge in [-0.15, -0.1) is 12.4 Å². The summed E-state index contributed by atoms with van der Waals surface area (Å²) in [5.74, 6) is -0.0911. The highest BCUT2D eigenvalue weighted by atomic mass is 35.5. The maximum atomic E-state index is 13.7. The third-order valence-electron chi connectivity index (χ3n) is 3.76. The number of hydrogen-bond acceptors (Lipinski definition) is 2. The van der Waals surface area contributed by atoms with Gasteiger partial charge in [0.2, 0.25) is 0 Å². The van der Waals surface area contributed by atoms with Gasteiger partial charge in [0.1, 0.15) is 5.82 Å². The fraction of sp³-hybridized carbons (Fsp3) is 0.571. The van der Waals surface area contributed by atoms with Crippen molar-refractivity contribution in [2.24, 2.45) is 0 Å². The van der Waals surface area contributed by atoms with Gasteiger partial charge in [-0.05, 0) is 39.4 Å². The molecular weight excluding hydrogens is 251 g/mol. The minimum Gasteiger partial charge on any atom is -0.316 e. The lowest BCUT2D eigenvalue weighted by Crippen LogP contribution is -2.45. The molecule has 2 atom stereocenters. The summed E-state index contributed by atoms with van der Waals surface area (Å²) in [6, 6.07) is 7.80. The predicted octanol–water partition coefficient (Wildman–Crippen LogP) is 2.99. The Hall–Kier alpha value is -0.640. The molecule has 2 unspecified atom stereocenters. The standard InChI is InChI=1S/C14H21FN2.ClH/c1-11(13-7-3-4-8-14(13)15)17-9-5-6-12(10-17)16-2;/h3-4,7-8,11-12,16H,5-6,9-10H2,1-2H3;1H. The Balaban J connectivity index is 0.00000162. The van der Waals surface area contributed by atoms with E-state index >= 15 is 0 Å². The van der Waals surface area contributed by atoms with Crippen LogP contribution in [0.5, 0.6) is 0 Å². The van der Waals surface area contributed by atoms with Crippen LogP contribution in [0.4, 0.5) is 4.39 Å². The minimum atomic E-state index is -0.0911. The van der Waals surface area contributed by atoms with Crippen LogP contribution in [0.25, 0.3) is 0 Å². The second-order valence-electron chi connectivity index (χ2n) is 4.82. The molecule has 102 valence electrons. The van der Waals surface area contributed by atoms with Crippen LogP contribution in [0.1, 0.15) is 31.4 Å². The Bertz CT molecular complexity index is 373. The van der Waals surface area contributed by atoms with Crippen molar-refractivity contribution in [1.29, 1.82) is 0 Å². The van der Waals surface area contributed by atoms with Gasteiger partial charge in [-0.1, -0.05) is 18.2 Å². The summed E-state index contributed by atoms with van der Waals surface area (Å²) < 4.78 is 13.7. The van der Waals surface area contributed by atoms with E-state index in [0.29, 0.717) is 6.04 Å². The van der Waals surface area contributed by atoms with Crippen LogP contribution in [0.2, 0.25) is 0 Å². The maximum Gasteiger partial charge on any atom is 0.127 e. The Morgan fingerprint density at radius 1 is 1.39 bits per heavy atom. The van der Waals surface area contributed by atoms with Gasteiger partial charge in [-0.25, -0.2) is 4.39 Å². The Morgan fingerprint density at radius 2 is 2.11 bits per heavy atom. The molecule has 0 bridgehead atoms. The summed E-state index contributed by atoms with van der Waals surface area (Å²) in [6.45, 7) is 4.16. The Morgan fingerprint density at radius 3 is 2.78 bits per heavy atom. The highest BCUT2D eigenvalue weighted by molar-refractivity contribution is 5.85. The van der Waals surface area contributed by atoms with Gasteiger partial charge < -0.3 is 5.32 Å². The molecule has 4 heteroatoms. The molecule has 1 heterocycles. The number of likely N-dealkylation sites (tertiary alicyclic amines) is 1. The zero-order valence-corrected chi connectivity index (χ0v) is 11.8. The molecule has 0 amide bonds. The summed E-state index contributed by atoms with van der Waals surface area (Å²) >= 11 is 0. The molecule has 18 heavy (non-hydrogen) atoms. The van der Waals surface area contributed by atoms with E-state index in [1.165, 1.54) is 12.8 Å². The van der Waals surface area contributed by atoms with E-state index in [0.717, 1.165) is 18.7 Å². The van der Waals surface area contributed by atoms with Crippen LogP contribution in [0, 0.1) is 5.82 Å². The molecule has 2 nitrogen and oxygen atoms in total. The number of nitrogens with zero attached hydrogens (tertiary/aromatic N) is 1. The lowest BCUT2D eigenvalue weighted by atomic mass is 10.0. The lowest BCUT2D eigenvalue weighted by molar-refractivity contribution is 0.147. The lowest BCUT2D eigenvalue weighted by Gasteiger charge is -2.37. The van der Waals surface area contributed by atoms with E-state index < -0.39 is 0 Å². The van der Waals surface area contributed by atoms with Crippen molar-refractivity contribution in [2.75, 3.05) is 20.1 Å². The van der Waals surface area contributed by atoms with Crippen LogP contribution in [0.15, 0.2) is 24.3 Å². The van der Waals surface area contributed by atoms with E-state index in [4.69, 9.17) is 0 Å². The van der Waals surface area contributed by atoms with Gasteiger partial charge in [0, 0.05) is 24.2 Å². The fourth-order valence-electron chi connectivity index (χ4n) is 2.60. The predicted molar refractivity (Wildman–Crippen MR) is 75.7 cm³/mol. The Kier molecular flexibility index (Phi) is 6.06. The third-order valence-corrected chi connectivity index (χ3v) is 3.76. The summed E-state index contributed by atoms with van der Waals surface area (Å²) in [4.78, 5) is 2.36. The molecule has 1 fully saturated rings. The molecule has 1 N–H and O–H groups in total. The number of piperidine rings is 1. The number of likely N-dealkylation sites (N-methyl/N-ethyl adjacent to an activating group) is 1. The first-order valence-electron chi connectivity index (χ1n) is 6.38. The Labute approximate surface area is 115 Å². The first-order valence-corrected chi connectivity index (χ1v) is 6.38. The molecule has 1 aromatic rings. The van der Waals surface area contributed by atoms with Crippen LogP contribution in [0.3, 0.4) is 0 Å². The summed E-state index contributed by atoms with van der Waals surface area (Å²) in [7, 11) is 2.00. The van der Waals surface area contributed by atoms with Crippen molar-refractivity contribution < 1.29 is 4.39 Å². The van der Waals surface area contributed by atoms with Gasteiger partial charge in [-0.3, -0.25) is 4.90 Å². The normalized spacial score (nSPS) is 22.3. The largest absolute Gasteiger partial charge is 0.316 e. The highest BCUT2D eigenvalue weighted by Crippen LogP contribution is 2.25. The quantitative estimate of drug-likeness (QED) is 0.910. The molecule has 1 aliphatic heterocycles. The van der Waals surface area contributed by atoms with Crippen LogP contribution in [-0.4, -0.2) is 31.1 Å². The molecule has 0 saturated carbocycles. The second-order valence-corrected chi connectivity index (χ2v) is 4.82. The molecule has 2 rings (SSSR count). The zero-order chi connectivity index (χ0) is 12.3. The van der Waals surface area contributed by atoms with Crippen molar-refractivity contribution in [1.82, 2.24) is 10.2 Å². The molecule has 1 saturated heterocycles. The average molecular weight is 273 g/mol. The van der Waals surface area contributed by atoms with Crippen molar-refractivity contribution in [3.63, 3.8) is 0 Å². The van der Waals surface area contributed by atoms with Crippen molar-refractivity contribution in [3.8, 4) is 0 Å². The van der Waals surface area contributed by atoms with Crippen LogP contribution in [-0.2, 0) is 0 Å². The number of hydrogen-bond donors (Lipinski definition) is 1. The van der Waals surface area contributed by atoms with Gasteiger partial charge >= 0.3 is 0 Å². The monoisotopic (exact) mass is 272 g/mol. The SMILES string of the molecule is CNC1CCCN(C(C)c2ccccc2F)C1.Cl. The molecule has 0 aromatic heterocycles. The first kappa shape index (κ1) is 15.4. The molecule has 1 aromatic carbocycles. The third kappa shape index (κ3) is 3.44. The van der Waals surface area contributed by atoms with Crippen LogP contribution < -0.4 is 5.32 Å². The maximum absolute atomic E-state index is 13.7. The van der Waals surface area contributed by atoms with Crippen LogP contribution >= 0.6 is 12.4 Å². The zero-order valence-electron chi connectivity index (χ0n) is 11.0. The highest BCUT2D eigenvalue weighted by Gasteiger charge is 2.24. The van der Waals surface area contributed by atoms with E-state index in [9.17, 15) is 4.39 Å². The van der Waals surface area contributed by atoms with E-state index in [1.807, 2.05) is 19.2 Å². The molecule has 0 radical (unpaired) electrons. The minimum absolute atomic E-state index is 0. The fourth-order valence-corrected chi connectivity index (χ4v) is 2.60. The van der Waals surface area contributed by atoms with Crippen molar-refractivity contribution in [2.45, 2.75) is 31.8 Å². The van der Waals surface area contributed by atoms with E-state index in [-0.39, 0.29) is 24.3 Å². The van der Waals surface area contributed by atoms with Crippen molar-refractivity contribution >= 4 is 12.4 Å². The summed E-state index contributed by atoms with van der Waals surface area (Å²) in [5.41, 5.74) is 0.809. The topological polar surface area (TPSA) is 15.3 Å². The van der Waals surface area contributed by atoms with Crippen molar-refractivity contribution in [3.05, 3.63) is 35.6 Å². The van der Waals surface area contributed by atoms with Gasteiger partial charge in [0.25, 0.3) is 0 Å². The van der Waals surface area contributed by atoms with Gasteiger partial charge in [0.15, 0.2) is 0 Å². The first-order chi connectivity index (χ1) is 8.22. The molecule has 0 aliphatic carbocycles. The molecular formula is C14H22ClFN2.